The molecule has 84 valence electrons. The normalized spacial score (nSPS) is 10.6. The maximum absolute atomic E-state index is 11.7. The first kappa shape index (κ1) is 11.1. The molecular formula is C14H12N2O. The number of benzene rings is 2. The van der Waals surface area contributed by atoms with Crippen molar-refractivity contribution in [3.63, 3.8) is 0 Å². The summed E-state index contributed by atoms with van der Waals surface area (Å²) in [7, 11) is 0. The number of aliphatic imine (C=N–C) groups is 1. The minimum Gasteiger partial charge on any atom is -0.399 e. The van der Waals surface area contributed by atoms with E-state index >= 15 is 0 Å². The van der Waals surface area contributed by atoms with Gasteiger partial charge in [0.1, 0.15) is 0 Å². The molecule has 0 heterocycles. The Morgan fingerprint density at radius 3 is 2.29 bits per heavy atom. The number of nitrogens with zero attached hydrogens (tertiary/aromatic N) is 1. The number of nitrogens with two attached hydrogens (primary N) is 1. The third-order valence-electron chi connectivity index (χ3n) is 2.29. The second kappa shape index (κ2) is 5.07. The van der Waals surface area contributed by atoms with E-state index in [1.165, 1.54) is 6.21 Å². The van der Waals surface area contributed by atoms with Crippen molar-refractivity contribution in [2.24, 2.45) is 4.99 Å². The van der Waals surface area contributed by atoms with Gasteiger partial charge in [-0.25, -0.2) is 4.99 Å². The average molecular weight is 224 g/mol. The van der Waals surface area contributed by atoms with Crippen LogP contribution in [0, 0.1) is 0 Å². The summed E-state index contributed by atoms with van der Waals surface area (Å²) in [4.78, 5) is 15.6. The van der Waals surface area contributed by atoms with Gasteiger partial charge in [-0.05, 0) is 29.8 Å². The van der Waals surface area contributed by atoms with Crippen molar-refractivity contribution < 1.29 is 4.79 Å². The smallest absolute Gasteiger partial charge is 0.276 e. The summed E-state index contributed by atoms with van der Waals surface area (Å²) in [6.07, 6.45) is 1.54. The lowest BCUT2D eigenvalue weighted by molar-refractivity contribution is 0.100. The molecule has 2 aromatic carbocycles. The van der Waals surface area contributed by atoms with Crippen LogP contribution in [-0.2, 0) is 0 Å². The fourth-order valence-corrected chi connectivity index (χ4v) is 1.37. The van der Waals surface area contributed by atoms with Gasteiger partial charge in [0.25, 0.3) is 5.91 Å². The predicted molar refractivity (Wildman–Crippen MR) is 69.2 cm³/mol. The zero-order valence-electron chi connectivity index (χ0n) is 9.21. The molecule has 0 radical (unpaired) electrons. The summed E-state index contributed by atoms with van der Waals surface area (Å²) >= 11 is 0. The molecule has 0 unspecified atom stereocenters. The quantitative estimate of drug-likeness (QED) is 0.629. The van der Waals surface area contributed by atoms with E-state index < -0.39 is 0 Å². The van der Waals surface area contributed by atoms with E-state index in [-0.39, 0.29) is 5.91 Å². The van der Waals surface area contributed by atoms with Gasteiger partial charge < -0.3 is 5.73 Å². The van der Waals surface area contributed by atoms with Gasteiger partial charge in [0.2, 0.25) is 0 Å². The maximum Gasteiger partial charge on any atom is 0.276 e. The number of amides is 1. The second-order valence-electron chi connectivity index (χ2n) is 3.60. The lowest BCUT2D eigenvalue weighted by Crippen LogP contribution is -1.95. The highest BCUT2D eigenvalue weighted by Crippen LogP contribution is 2.04. The van der Waals surface area contributed by atoms with Crippen LogP contribution in [0.3, 0.4) is 0 Å². The van der Waals surface area contributed by atoms with Crippen LogP contribution in [-0.4, -0.2) is 12.1 Å². The summed E-state index contributed by atoms with van der Waals surface area (Å²) in [5.74, 6) is -0.248. The van der Waals surface area contributed by atoms with Gasteiger partial charge in [0.15, 0.2) is 0 Å². The Balaban J connectivity index is 2.11. The van der Waals surface area contributed by atoms with Gasteiger partial charge in [-0.2, -0.15) is 0 Å². The lowest BCUT2D eigenvalue weighted by atomic mass is 10.2. The van der Waals surface area contributed by atoms with Crippen LogP contribution in [0.4, 0.5) is 5.69 Å². The molecule has 2 rings (SSSR count). The van der Waals surface area contributed by atoms with E-state index in [2.05, 4.69) is 4.99 Å². The molecule has 0 atom stereocenters. The highest BCUT2D eigenvalue weighted by atomic mass is 16.1. The third kappa shape index (κ3) is 3.01. The second-order valence-corrected chi connectivity index (χ2v) is 3.60. The molecule has 0 aliphatic heterocycles. The van der Waals surface area contributed by atoms with Crippen LogP contribution in [0.2, 0.25) is 0 Å². The minimum absolute atomic E-state index is 0.248. The minimum atomic E-state index is -0.248. The van der Waals surface area contributed by atoms with Gasteiger partial charge in [-0.1, -0.05) is 30.3 Å². The van der Waals surface area contributed by atoms with Gasteiger partial charge in [-0.3, -0.25) is 4.79 Å². The Labute approximate surface area is 99.6 Å². The van der Waals surface area contributed by atoms with Gasteiger partial charge in [-0.15, -0.1) is 0 Å². The molecule has 0 bridgehead atoms. The highest BCUT2D eigenvalue weighted by Gasteiger charge is 2.00. The SMILES string of the molecule is Nc1ccc(C=NC(=O)c2ccccc2)cc1. The zero-order valence-corrected chi connectivity index (χ0v) is 9.21. The monoisotopic (exact) mass is 224 g/mol. The van der Waals surface area contributed by atoms with E-state index in [0.29, 0.717) is 11.3 Å². The fourth-order valence-electron chi connectivity index (χ4n) is 1.37. The van der Waals surface area contributed by atoms with Crippen molar-refractivity contribution in [3.05, 3.63) is 65.7 Å². The van der Waals surface area contributed by atoms with E-state index in [4.69, 9.17) is 5.73 Å². The van der Waals surface area contributed by atoms with Gasteiger partial charge in [0.05, 0.1) is 0 Å². The molecule has 0 aliphatic rings. The van der Waals surface area contributed by atoms with Crippen LogP contribution in [0.5, 0.6) is 0 Å². The molecular weight excluding hydrogens is 212 g/mol. The van der Waals surface area contributed by atoms with Crippen LogP contribution in [0.1, 0.15) is 15.9 Å². The molecule has 0 saturated heterocycles. The molecule has 0 spiro atoms. The third-order valence-corrected chi connectivity index (χ3v) is 2.29. The molecule has 2 N–H and O–H groups in total. The summed E-state index contributed by atoms with van der Waals surface area (Å²) in [6.45, 7) is 0. The summed E-state index contributed by atoms with van der Waals surface area (Å²) in [6, 6.07) is 16.1. The molecule has 0 aliphatic carbocycles. The van der Waals surface area contributed by atoms with Crippen molar-refractivity contribution in [2.75, 3.05) is 5.73 Å². The summed E-state index contributed by atoms with van der Waals surface area (Å²) < 4.78 is 0. The van der Waals surface area contributed by atoms with E-state index in [0.717, 1.165) is 5.56 Å². The first-order chi connectivity index (χ1) is 8.25. The van der Waals surface area contributed by atoms with Crippen molar-refractivity contribution in [2.45, 2.75) is 0 Å². The lowest BCUT2D eigenvalue weighted by Gasteiger charge is -1.95. The average Bonchev–Trinajstić information content (AvgIpc) is 2.39. The van der Waals surface area contributed by atoms with Gasteiger partial charge in [0, 0.05) is 17.5 Å². The first-order valence-electron chi connectivity index (χ1n) is 5.25. The van der Waals surface area contributed by atoms with E-state index in [1.807, 2.05) is 30.3 Å². The van der Waals surface area contributed by atoms with E-state index in [1.54, 1.807) is 24.3 Å². The molecule has 0 fully saturated rings. The van der Waals surface area contributed by atoms with Crippen LogP contribution < -0.4 is 5.73 Å². The molecule has 2 aromatic rings. The topological polar surface area (TPSA) is 55.4 Å². The standard InChI is InChI=1S/C14H12N2O/c15-13-8-6-11(7-9-13)10-16-14(17)12-4-2-1-3-5-12/h1-10H,15H2. The number of hydrogen-bond acceptors (Lipinski definition) is 2. The highest BCUT2D eigenvalue weighted by molar-refractivity contribution is 6.01. The maximum atomic E-state index is 11.7. The first-order valence-corrected chi connectivity index (χ1v) is 5.25. The Morgan fingerprint density at radius 2 is 1.65 bits per heavy atom. The number of carbonyl (C=O) groups is 1. The Morgan fingerprint density at radius 1 is 1.00 bits per heavy atom. The number of nitrogen functional groups attached to an aromatic ring is 1. The number of anilines is 1. The molecule has 3 heteroatoms. The van der Waals surface area contributed by atoms with Gasteiger partial charge >= 0.3 is 0 Å². The number of carbonyl (C=O) groups excluding carboxylic acids is 1. The van der Waals surface area contributed by atoms with Crippen molar-refractivity contribution >= 4 is 17.8 Å². The largest absolute Gasteiger partial charge is 0.399 e. The molecule has 3 nitrogen and oxygen atoms in total. The molecule has 0 saturated carbocycles. The van der Waals surface area contributed by atoms with Crippen LogP contribution in [0.25, 0.3) is 0 Å². The summed E-state index contributed by atoms with van der Waals surface area (Å²) in [5, 5.41) is 0. The molecule has 0 aromatic heterocycles. The Kier molecular flexibility index (Phi) is 3.31. The predicted octanol–water partition coefficient (Wildman–Crippen LogP) is 2.53. The van der Waals surface area contributed by atoms with Crippen LogP contribution in [0.15, 0.2) is 59.6 Å². The zero-order chi connectivity index (χ0) is 12.1. The number of rotatable bonds is 2. The summed E-state index contributed by atoms with van der Waals surface area (Å²) in [5.41, 5.74) is 7.69. The molecule has 17 heavy (non-hydrogen) atoms. The van der Waals surface area contributed by atoms with Crippen LogP contribution >= 0.6 is 0 Å². The van der Waals surface area contributed by atoms with Crippen molar-refractivity contribution in [3.8, 4) is 0 Å². The number of hydrogen-bond donors (Lipinski definition) is 1. The molecule has 1 amide bonds. The van der Waals surface area contributed by atoms with Crippen molar-refractivity contribution in [1.82, 2.24) is 0 Å². The fraction of sp³-hybridized carbons (Fsp3) is 0. The Hall–Kier alpha value is -2.42. The Bertz CT molecular complexity index is 530. The van der Waals surface area contributed by atoms with E-state index in [9.17, 15) is 4.79 Å². The van der Waals surface area contributed by atoms with Crippen molar-refractivity contribution in [1.29, 1.82) is 0 Å².